The first-order valence-corrected chi connectivity index (χ1v) is 9.28. The van der Waals surface area contributed by atoms with Crippen LogP contribution in [0.15, 0.2) is 24.5 Å². The lowest BCUT2D eigenvalue weighted by atomic mass is 9.92. The predicted molar refractivity (Wildman–Crippen MR) is 102 cm³/mol. The molecule has 0 aliphatic carbocycles. The van der Waals surface area contributed by atoms with Gasteiger partial charge in [0.25, 0.3) is 6.43 Å². The monoisotopic (exact) mass is 421 g/mol. The molecule has 0 spiro atoms. The van der Waals surface area contributed by atoms with Gasteiger partial charge in [0.15, 0.2) is 5.82 Å². The number of halogens is 3. The number of imidazole rings is 1. The molecule has 0 unspecified atom stereocenters. The normalized spacial score (nSPS) is 15.9. The van der Waals surface area contributed by atoms with Crippen LogP contribution < -0.4 is 5.73 Å². The fraction of sp³-hybridized carbons (Fsp3) is 0.389. The van der Waals surface area contributed by atoms with Crippen LogP contribution in [0.25, 0.3) is 17.2 Å². The Labute approximate surface area is 168 Å². The molecule has 0 atom stereocenters. The fourth-order valence-corrected chi connectivity index (χ4v) is 3.78. The molecule has 30 heavy (non-hydrogen) atoms. The van der Waals surface area contributed by atoms with Crippen molar-refractivity contribution < 1.29 is 18.1 Å². The first-order chi connectivity index (χ1) is 14.3. The number of rotatable bonds is 5. The highest BCUT2D eigenvalue weighted by molar-refractivity contribution is 5.64. The summed E-state index contributed by atoms with van der Waals surface area (Å²) in [6.45, 7) is 0.401. The van der Waals surface area contributed by atoms with Gasteiger partial charge in [0.1, 0.15) is 22.9 Å². The number of likely N-dealkylation sites (tertiary alicyclic amines) is 1. The van der Waals surface area contributed by atoms with E-state index in [-0.39, 0.29) is 35.5 Å². The third kappa shape index (κ3) is 3.77. The fourth-order valence-electron chi connectivity index (χ4n) is 3.78. The standard InChI is InChI=1S/C18H18F3N7O2/c19-11-1-2-14-23-7-12(27(14)8-11)18-24-15(16(28(29)30)17(22)25-18)10-3-5-26(6-4-10)9-13(20)21/h1-2,7-8,10,13H,3-6,9H2,(H2,22,24,25). The summed E-state index contributed by atoms with van der Waals surface area (Å²) >= 11 is 0. The molecule has 0 bridgehead atoms. The number of pyridine rings is 1. The summed E-state index contributed by atoms with van der Waals surface area (Å²) in [6.07, 6.45) is 1.05. The number of anilines is 1. The van der Waals surface area contributed by atoms with Gasteiger partial charge >= 0.3 is 5.69 Å². The number of fused-ring (bicyclic) bond motifs is 1. The first kappa shape index (κ1) is 20.0. The van der Waals surface area contributed by atoms with Crippen LogP contribution in [-0.4, -0.2) is 55.2 Å². The largest absolute Gasteiger partial charge is 0.378 e. The van der Waals surface area contributed by atoms with Crippen LogP contribution in [-0.2, 0) is 0 Å². The van der Waals surface area contributed by atoms with Crippen molar-refractivity contribution in [2.75, 3.05) is 25.4 Å². The molecular formula is C18H18F3N7O2. The summed E-state index contributed by atoms with van der Waals surface area (Å²) in [4.78, 5) is 25.2. The molecule has 1 aliphatic rings. The third-order valence-corrected chi connectivity index (χ3v) is 5.19. The highest BCUT2D eigenvalue weighted by atomic mass is 19.3. The molecular weight excluding hydrogens is 403 g/mol. The van der Waals surface area contributed by atoms with Crippen molar-refractivity contribution >= 4 is 17.2 Å². The van der Waals surface area contributed by atoms with Crippen LogP contribution in [0.5, 0.6) is 0 Å². The number of nitrogen functional groups attached to an aromatic ring is 1. The Bertz CT molecular complexity index is 1100. The van der Waals surface area contributed by atoms with E-state index < -0.39 is 17.2 Å². The van der Waals surface area contributed by atoms with Gasteiger partial charge in [-0.1, -0.05) is 0 Å². The van der Waals surface area contributed by atoms with Crippen molar-refractivity contribution in [3.05, 3.63) is 46.2 Å². The van der Waals surface area contributed by atoms with Gasteiger partial charge in [-0.05, 0) is 38.1 Å². The maximum atomic E-state index is 13.7. The molecule has 3 aromatic heterocycles. The Balaban J connectivity index is 1.74. The average molecular weight is 421 g/mol. The molecule has 1 fully saturated rings. The van der Waals surface area contributed by atoms with E-state index in [9.17, 15) is 23.3 Å². The zero-order valence-electron chi connectivity index (χ0n) is 15.7. The van der Waals surface area contributed by atoms with Gasteiger partial charge in [-0.2, -0.15) is 0 Å². The van der Waals surface area contributed by atoms with Crippen LogP contribution >= 0.6 is 0 Å². The molecule has 0 amide bonds. The molecule has 1 aliphatic heterocycles. The van der Waals surface area contributed by atoms with E-state index in [1.807, 2.05) is 0 Å². The molecule has 158 valence electrons. The molecule has 0 aromatic carbocycles. The van der Waals surface area contributed by atoms with Gasteiger partial charge in [-0.3, -0.25) is 19.4 Å². The minimum atomic E-state index is -2.44. The van der Waals surface area contributed by atoms with Gasteiger partial charge in [0, 0.05) is 12.1 Å². The molecule has 3 aromatic rings. The number of nitrogens with two attached hydrogens (primary N) is 1. The van der Waals surface area contributed by atoms with E-state index in [2.05, 4.69) is 15.0 Å². The SMILES string of the molecule is Nc1nc(-c2cnc3ccc(F)cn23)nc(C2CCN(CC(F)F)CC2)c1[N+](=O)[O-]. The van der Waals surface area contributed by atoms with Crippen molar-refractivity contribution in [1.29, 1.82) is 0 Å². The number of alkyl halides is 2. The zero-order chi connectivity index (χ0) is 21.4. The van der Waals surface area contributed by atoms with Crippen LogP contribution in [0.3, 0.4) is 0 Å². The van der Waals surface area contributed by atoms with Crippen molar-refractivity contribution in [3.8, 4) is 11.5 Å². The smallest absolute Gasteiger partial charge is 0.332 e. The van der Waals surface area contributed by atoms with Crippen LogP contribution in [0.4, 0.5) is 24.7 Å². The van der Waals surface area contributed by atoms with E-state index in [4.69, 9.17) is 5.73 Å². The number of hydrogen-bond donors (Lipinski definition) is 1. The maximum Gasteiger partial charge on any atom is 0.332 e. The average Bonchev–Trinajstić information content (AvgIpc) is 3.10. The van der Waals surface area contributed by atoms with E-state index in [0.717, 1.165) is 0 Å². The summed E-state index contributed by atoms with van der Waals surface area (Å²) in [5.74, 6) is -1.05. The summed E-state index contributed by atoms with van der Waals surface area (Å²) in [5, 5.41) is 11.6. The molecule has 4 heterocycles. The Hall–Kier alpha value is -3.28. The number of hydrogen-bond acceptors (Lipinski definition) is 7. The first-order valence-electron chi connectivity index (χ1n) is 9.28. The summed E-state index contributed by atoms with van der Waals surface area (Å²) in [7, 11) is 0. The third-order valence-electron chi connectivity index (χ3n) is 5.19. The Morgan fingerprint density at radius 2 is 2.00 bits per heavy atom. The topological polar surface area (TPSA) is 115 Å². The Kier molecular flexibility index (Phi) is 5.24. The number of piperidine rings is 1. The highest BCUT2D eigenvalue weighted by Gasteiger charge is 2.32. The zero-order valence-corrected chi connectivity index (χ0v) is 15.7. The maximum absolute atomic E-state index is 13.7. The minimum Gasteiger partial charge on any atom is -0.378 e. The Morgan fingerprint density at radius 1 is 1.27 bits per heavy atom. The van der Waals surface area contributed by atoms with Crippen molar-refractivity contribution in [2.24, 2.45) is 0 Å². The lowest BCUT2D eigenvalue weighted by Gasteiger charge is -2.31. The second-order valence-electron chi connectivity index (χ2n) is 7.11. The summed E-state index contributed by atoms with van der Waals surface area (Å²) < 4.78 is 40.4. The molecule has 1 saturated heterocycles. The molecule has 4 rings (SSSR count). The minimum absolute atomic E-state index is 0.0845. The van der Waals surface area contributed by atoms with E-state index in [1.165, 1.54) is 28.9 Å². The molecule has 9 nitrogen and oxygen atoms in total. The van der Waals surface area contributed by atoms with E-state index in [0.29, 0.717) is 37.3 Å². The highest BCUT2D eigenvalue weighted by Crippen LogP contribution is 2.37. The second kappa shape index (κ2) is 7.86. The quantitative estimate of drug-likeness (QED) is 0.497. The number of nitrogens with zero attached hydrogens (tertiary/aromatic N) is 6. The second-order valence-corrected chi connectivity index (χ2v) is 7.11. The van der Waals surface area contributed by atoms with Gasteiger partial charge in [-0.25, -0.2) is 28.1 Å². The van der Waals surface area contributed by atoms with Crippen molar-refractivity contribution in [3.63, 3.8) is 0 Å². The Morgan fingerprint density at radius 3 is 2.67 bits per heavy atom. The van der Waals surface area contributed by atoms with Crippen LogP contribution in [0, 0.1) is 15.9 Å². The van der Waals surface area contributed by atoms with Gasteiger partial charge < -0.3 is 5.73 Å². The lowest BCUT2D eigenvalue weighted by molar-refractivity contribution is -0.385. The molecule has 0 radical (unpaired) electrons. The van der Waals surface area contributed by atoms with Crippen LogP contribution in [0.2, 0.25) is 0 Å². The molecule has 0 saturated carbocycles. The van der Waals surface area contributed by atoms with Crippen molar-refractivity contribution in [1.82, 2.24) is 24.3 Å². The molecule has 12 heteroatoms. The molecule has 2 N–H and O–H groups in total. The van der Waals surface area contributed by atoms with Crippen molar-refractivity contribution in [2.45, 2.75) is 25.2 Å². The van der Waals surface area contributed by atoms with Gasteiger partial charge in [0.05, 0.1) is 17.7 Å². The van der Waals surface area contributed by atoms with Crippen LogP contribution in [0.1, 0.15) is 24.5 Å². The summed E-state index contributed by atoms with van der Waals surface area (Å²) in [6, 6.07) is 2.74. The lowest BCUT2D eigenvalue weighted by Crippen LogP contribution is -2.36. The van der Waals surface area contributed by atoms with E-state index in [1.54, 1.807) is 4.90 Å². The number of nitro groups is 1. The van der Waals surface area contributed by atoms with Gasteiger partial charge in [0.2, 0.25) is 5.82 Å². The van der Waals surface area contributed by atoms with E-state index >= 15 is 0 Å². The number of aromatic nitrogens is 4. The summed E-state index contributed by atoms with van der Waals surface area (Å²) in [5.41, 5.74) is 6.46. The van der Waals surface area contributed by atoms with Gasteiger partial charge in [-0.15, -0.1) is 0 Å². The predicted octanol–water partition coefficient (Wildman–Crippen LogP) is 2.87.